The second-order valence-electron chi connectivity index (χ2n) is 10.1. The molecule has 0 radical (unpaired) electrons. The van der Waals surface area contributed by atoms with Gasteiger partial charge in [0.2, 0.25) is 0 Å². The topological polar surface area (TPSA) is 28.7 Å². The summed E-state index contributed by atoms with van der Waals surface area (Å²) < 4.78 is 2.36. The second kappa shape index (κ2) is 9.85. The first-order chi connectivity index (χ1) is 19.8. The number of aromatic nitrogens is 1. The van der Waals surface area contributed by atoms with E-state index < -0.39 is 8.07 Å². The minimum absolute atomic E-state index is 0.683. The van der Waals surface area contributed by atoms with Gasteiger partial charge in [0.15, 0.2) is 8.07 Å². The zero-order chi connectivity index (χ0) is 26.9. The summed E-state index contributed by atoms with van der Waals surface area (Å²) in [5, 5.41) is 17.4. The molecule has 3 heteroatoms. The van der Waals surface area contributed by atoms with Crippen molar-refractivity contribution in [2.75, 3.05) is 0 Å². The molecule has 0 aliphatic carbocycles. The first kappa shape index (κ1) is 23.9. The number of hydrogen-bond acceptors (Lipinski definition) is 1. The maximum Gasteiger partial charge on any atom is 0.179 e. The van der Waals surface area contributed by atoms with Gasteiger partial charge >= 0.3 is 0 Å². The molecule has 188 valence electrons. The maximum atomic E-state index is 9.87. The van der Waals surface area contributed by atoms with Crippen LogP contribution in [0.15, 0.2) is 158 Å². The minimum atomic E-state index is -2.78. The summed E-state index contributed by atoms with van der Waals surface area (Å²) in [6.07, 6.45) is 0. The molecule has 0 unspecified atom stereocenters. The van der Waals surface area contributed by atoms with Crippen molar-refractivity contribution in [2.45, 2.75) is 0 Å². The van der Waals surface area contributed by atoms with Gasteiger partial charge in [-0.15, -0.1) is 0 Å². The van der Waals surface area contributed by atoms with Crippen molar-refractivity contribution in [3.05, 3.63) is 163 Å². The largest absolute Gasteiger partial charge is 0.309 e. The molecule has 0 N–H and O–H groups in total. The lowest BCUT2D eigenvalue weighted by molar-refractivity contribution is 1.18. The third-order valence-corrected chi connectivity index (χ3v) is 12.7. The number of fused-ring (bicyclic) bond motifs is 3. The molecule has 2 nitrogen and oxygen atoms in total. The lowest BCUT2D eigenvalue weighted by Crippen LogP contribution is -2.74. The second-order valence-corrected chi connectivity index (χ2v) is 13.9. The summed E-state index contributed by atoms with van der Waals surface area (Å²) in [5.41, 5.74) is 4.21. The van der Waals surface area contributed by atoms with E-state index in [4.69, 9.17) is 0 Å². The minimum Gasteiger partial charge on any atom is -0.309 e. The van der Waals surface area contributed by atoms with Gasteiger partial charge in [0.25, 0.3) is 0 Å². The van der Waals surface area contributed by atoms with Crippen LogP contribution in [0, 0.1) is 11.3 Å². The van der Waals surface area contributed by atoms with Gasteiger partial charge in [-0.25, -0.2) is 0 Å². The quantitative estimate of drug-likeness (QED) is 0.199. The van der Waals surface area contributed by atoms with E-state index in [1.807, 2.05) is 12.1 Å². The summed E-state index contributed by atoms with van der Waals surface area (Å²) in [4.78, 5) is 0. The zero-order valence-corrected chi connectivity index (χ0v) is 22.9. The van der Waals surface area contributed by atoms with Crippen LogP contribution in [0.2, 0.25) is 0 Å². The van der Waals surface area contributed by atoms with Crippen molar-refractivity contribution in [1.29, 1.82) is 5.26 Å². The molecule has 40 heavy (non-hydrogen) atoms. The van der Waals surface area contributed by atoms with Gasteiger partial charge in [0.05, 0.1) is 22.7 Å². The number of benzene rings is 6. The fourth-order valence-corrected chi connectivity index (χ4v) is 11.1. The van der Waals surface area contributed by atoms with Gasteiger partial charge in [-0.3, -0.25) is 0 Å². The molecule has 0 aliphatic heterocycles. The van der Waals surface area contributed by atoms with Crippen LogP contribution < -0.4 is 20.7 Å². The predicted molar refractivity (Wildman–Crippen MR) is 169 cm³/mol. The van der Waals surface area contributed by atoms with Crippen molar-refractivity contribution in [1.82, 2.24) is 4.57 Å². The Morgan fingerprint density at radius 1 is 0.450 bits per heavy atom. The summed E-state index contributed by atoms with van der Waals surface area (Å²) in [6, 6.07) is 58.6. The number of para-hydroxylation sites is 2. The van der Waals surface area contributed by atoms with Gasteiger partial charge in [0.1, 0.15) is 0 Å². The Bertz CT molecular complexity index is 1960. The lowest BCUT2D eigenvalue weighted by Gasteiger charge is -2.34. The van der Waals surface area contributed by atoms with Crippen LogP contribution in [0.1, 0.15) is 5.56 Å². The van der Waals surface area contributed by atoms with Crippen LogP contribution in [-0.2, 0) is 0 Å². The molecule has 7 aromatic rings. The van der Waals surface area contributed by atoms with Crippen LogP contribution in [-0.4, -0.2) is 12.6 Å². The lowest BCUT2D eigenvalue weighted by atomic mass is 10.1. The van der Waals surface area contributed by atoms with E-state index in [2.05, 4.69) is 156 Å². The molecule has 1 heterocycles. The van der Waals surface area contributed by atoms with E-state index in [0.717, 1.165) is 5.69 Å². The average Bonchev–Trinajstić information content (AvgIpc) is 3.37. The van der Waals surface area contributed by atoms with Crippen molar-refractivity contribution < 1.29 is 0 Å². The van der Waals surface area contributed by atoms with Crippen molar-refractivity contribution in [2.24, 2.45) is 0 Å². The Labute approximate surface area is 235 Å². The van der Waals surface area contributed by atoms with Crippen LogP contribution in [0.3, 0.4) is 0 Å². The number of hydrogen-bond donors (Lipinski definition) is 0. The van der Waals surface area contributed by atoms with Crippen molar-refractivity contribution in [3.63, 3.8) is 0 Å². The van der Waals surface area contributed by atoms with Crippen molar-refractivity contribution >= 4 is 50.6 Å². The Morgan fingerprint density at radius 3 is 1.68 bits per heavy atom. The van der Waals surface area contributed by atoms with Crippen LogP contribution in [0.4, 0.5) is 0 Å². The Balaban J connectivity index is 1.62. The normalized spacial score (nSPS) is 11.5. The molecule has 0 spiro atoms. The molecule has 0 amide bonds. The molecule has 6 aromatic carbocycles. The van der Waals surface area contributed by atoms with E-state index in [1.165, 1.54) is 42.6 Å². The van der Waals surface area contributed by atoms with Crippen LogP contribution in [0.5, 0.6) is 0 Å². The molecule has 0 atom stereocenters. The molecular formula is C37H26N2Si. The Hall–Kier alpha value is -5.17. The third-order valence-electron chi connectivity index (χ3n) is 7.96. The highest BCUT2D eigenvalue weighted by Crippen LogP contribution is 2.31. The van der Waals surface area contributed by atoms with Crippen LogP contribution in [0.25, 0.3) is 27.5 Å². The fourth-order valence-electron chi connectivity index (χ4n) is 6.26. The number of nitrogens with zero attached hydrogens (tertiary/aromatic N) is 2. The smallest absolute Gasteiger partial charge is 0.179 e. The molecule has 0 fully saturated rings. The highest BCUT2D eigenvalue weighted by atomic mass is 28.3. The molecule has 0 saturated heterocycles. The standard InChI is InChI=1S/C37H26N2Si/c38-27-28-13-12-20-32(25-28)40(30-16-6-2-7-17-30,31-18-8-3-9-19-31)33-23-24-37-35(26-33)34-21-10-11-22-36(34)39(37)29-14-4-1-5-15-29/h1-26H. The Kier molecular flexibility index (Phi) is 5.89. The first-order valence-corrected chi connectivity index (χ1v) is 15.5. The Morgan fingerprint density at radius 2 is 1.00 bits per heavy atom. The predicted octanol–water partition coefficient (Wildman–Crippen LogP) is 6.03. The SMILES string of the molecule is N#Cc1cccc([Si](c2ccccc2)(c2ccccc2)c2ccc3c(c2)c2ccccc2n3-c2ccccc2)c1. The van der Waals surface area contributed by atoms with Crippen LogP contribution >= 0.6 is 0 Å². The number of rotatable bonds is 5. The summed E-state index contributed by atoms with van der Waals surface area (Å²) in [6.45, 7) is 0. The van der Waals surface area contributed by atoms with E-state index in [-0.39, 0.29) is 0 Å². The van der Waals surface area contributed by atoms with Gasteiger partial charge in [-0.2, -0.15) is 5.26 Å². The van der Waals surface area contributed by atoms with Gasteiger partial charge in [-0.05, 0) is 57.1 Å². The van der Waals surface area contributed by atoms with E-state index in [9.17, 15) is 5.26 Å². The van der Waals surface area contributed by atoms with Gasteiger partial charge in [-0.1, -0.05) is 121 Å². The highest BCUT2D eigenvalue weighted by molar-refractivity contribution is 7.20. The molecule has 0 bridgehead atoms. The summed E-state index contributed by atoms with van der Waals surface area (Å²) in [7, 11) is -2.78. The summed E-state index contributed by atoms with van der Waals surface area (Å²) in [5.74, 6) is 0. The van der Waals surface area contributed by atoms with E-state index >= 15 is 0 Å². The van der Waals surface area contributed by atoms with Gasteiger partial charge < -0.3 is 4.57 Å². The molecule has 7 rings (SSSR count). The molecular weight excluding hydrogens is 501 g/mol. The van der Waals surface area contributed by atoms with E-state index in [1.54, 1.807) is 0 Å². The average molecular weight is 527 g/mol. The van der Waals surface area contributed by atoms with E-state index in [0.29, 0.717) is 5.56 Å². The maximum absolute atomic E-state index is 9.87. The molecule has 1 aromatic heterocycles. The zero-order valence-electron chi connectivity index (χ0n) is 21.9. The monoisotopic (exact) mass is 526 g/mol. The number of nitriles is 1. The summed E-state index contributed by atoms with van der Waals surface area (Å²) >= 11 is 0. The van der Waals surface area contributed by atoms with Crippen molar-refractivity contribution in [3.8, 4) is 11.8 Å². The van der Waals surface area contributed by atoms with Gasteiger partial charge in [0, 0.05) is 16.5 Å². The highest BCUT2D eigenvalue weighted by Gasteiger charge is 2.41. The molecule has 0 aliphatic rings. The fraction of sp³-hybridized carbons (Fsp3) is 0. The third kappa shape index (κ3) is 3.70. The molecule has 0 saturated carbocycles. The first-order valence-electron chi connectivity index (χ1n) is 13.5.